The lowest BCUT2D eigenvalue weighted by Crippen LogP contribution is -2.32. The van der Waals surface area contributed by atoms with Crippen molar-refractivity contribution >= 4 is 5.91 Å². The first kappa shape index (κ1) is 11.2. The molecule has 0 aromatic rings. The monoisotopic (exact) mass is 170 g/mol. The molecule has 0 rings (SSSR count). The molecule has 0 atom stereocenters. The number of amides is 1. The van der Waals surface area contributed by atoms with E-state index in [1.54, 1.807) is 17.1 Å². The quantitative estimate of drug-likeness (QED) is 0.576. The van der Waals surface area contributed by atoms with Gasteiger partial charge in [0.2, 0.25) is 5.91 Å². The molecule has 0 aliphatic heterocycles. The highest BCUT2D eigenvalue weighted by atomic mass is 16.2. The molecule has 12 heavy (non-hydrogen) atoms. The third-order valence-corrected chi connectivity index (χ3v) is 1.57. The van der Waals surface area contributed by atoms with Gasteiger partial charge < -0.3 is 9.80 Å². The second kappa shape index (κ2) is 5.77. The Labute approximate surface area is 74.7 Å². The van der Waals surface area contributed by atoms with E-state index in [9.17, 15) is 4.79 Å². The average Bonchev–Trinajstić information content (AvgIpc) is 2.00. The van der Waals surface area contributed by atoms with Crippen LogP contribution in [-0.4, -0.2) is 49.9 Å². The van der Waals surface area contributed by atoms with Crippen molar-refractivity contribution in [3.05, 3.63) is 12.2 Å². The summed E-state index contributed by atoms with van der Waals surface area (Å²) in [6, 6.07) is 0. The van der Waals surface area contributed by atoms with Gasteiger partial charge in [0.05, 0.1) is 0 Å². The molecule has 70 valence electrons. The summed E-state index contributed by atoms with van der Waals surface area (Å²) in [6.07, 6.45) is 3.34. The molecule has 0 aliphatic carbocycles. The van der Waals surface area contributed by atoms with Crippen LogP contribution in [-0.2, 0) is 4.79 Å². The van der Waals surface area contributed by atoms with Crippen LogP contribution in [0.25, 0.3) is 0 Å². The van der Waals surface area contributed by atoms with E-state index in [2.05, 4.69) is 4.90 Å². The number of nitrogens with zero attached hydrogens (tertiary/aromatic N) is 2. The summed E-state index contributed by atoms with van der Waals surface area (Å²) in [6.45, 7) is 3.52. The van der Waals surface area contributed by atoms with Crippen molar-refractivity contribution < 1.29 is 4.79 Å². The van der Waals surface area contributed by atoms with Crippen LogP contribution < -0.4 is 0 Å². The molecule has 0 fully saturated rings. The van der Waals surface area contributed by atoms with Gasteiger partial charge >= 0.3 is 0 Å². The van der Waals surface area contributed by atoms with E-state index in [0.717, 1.165) is 13.1 Å². The van der Waals surface area contributed by atoms with Gasteiger partial charge in [-0.2, -0.15) is 0 Å². The van der Waals surface area contributed by atoms with Crippen molar-refractivity contribution in [3.8, 4) is 0 Å². The van der Waals surface area contributed by atoms with Gasteiger partial charge in [-0.3, -0.25) is 4.79 Å². The molecule has 1 amide bonds. The minimum Gasteiger partial charge on any atom is -0.341 e. The van der Waals surface area contributed by atoms with Crippen molar-refractivity contribution in [1.29, 1.82) is 0 Å². The zero-order valence-electron chi connectivity index (χ0n) is 8.37. The van der Waals surface area contributed by atoms with Gasteiger partial charge in [0.15, 0.2) is 0 Å². The highest BCUT2D eigenvalue weighted by molar-refractivity contribution is 5.87. The summed E-state index contributed by atoms with van der Waals surface area (Å²) in [4.78, 5) is 14.9. The molecule has 0 aromatic heterocycles. The van der Waals surface area contributed by atoms with Crippen LogP contribution >= 0.6 is 0 Å². The highest BCUT2D eigenvalue weighted by Crippen LogP contribution is 1.87. The molecular weight excluding hydrogens is 152 g/mol. The lowest BCUT2D eigenvalue weighted by molar-refractivity contribution is -0.124. The summed E-state index contributed by atoms with van der Waals surface area (Å²) >= 11 is 0. The Hall–Kier alpha value is -0.830. The number of carbonyl (C=O) groups is 1. The van der Waals surface area contributed by atoms with Gasteiger partial charge in [0, 0.05) is 20.1 Å². The number of hydrogen-bond acceptors (Lipinski definition) is 2. The normalized spacial score (nSPS) is 11.1. The lowest BCUT2D eigenvalue weighted by Gasteiger charge is -2.17. The van der Waals surface area contributed by atoms with Crippen LogP contribution in [0.2, 0.25) is 0 Å². The number of rotatable bonds is 4. The molecule has 0 spiro atoms. The standard InChI is InChI=1S/C9H18N2O/c1-5-6-9(12)11(4)8-7-10(2)3/h5-6H,7-8H2,1-4H3/b6-5+. The number of allylic oxidation sites excluding steroid dienone is 1. The first-order valence-electron chi connectivity index (χ1n) is 4.10. The van der Waals surface area contributed by atoms with E-state index >= 15 is 0 Å². The van der Waals surface area contributed by atoms with Crippen molar-refractivity contribution in [2.24, 2.45) is 0 Å². The zero-order chi connectivity index (χ0) is 9.56. The minimum absolute atomic E-state index is 0.0688. The summed E-state index contributed by atoms with van der Waals surface area (Å²) in [7, 11) is 5.80. The van der Waals surface area contributed by atoms with Gasteiger partial charge in [-0.1, -0.05) is 6.08 Å². The van der Waals surface area contributed by atoms with Gasteiger partial charge in [0.25, 0.3) is 0 Å². The van der Waals surface area contributed by atoms with Crippen LogP contribution in [0.3, 0.4) is 0 Å². The lowest BCUT2D eigenvalue weighted by atomic mass is 10.4. The second-order valence-electron chi connectivity index (χ2n) is 3.06. The summed E-state index contributed by atoms with van der Waals surface area (Å²) in [5, 5.41) is 0. The minimum atomic E-state index is 0.0688. The maximum absolute atomic E-state index is 11.2. The van der Waals surface area contributed by atoms with Gasteiger partial charge in [-0.05, 0) is 27.1 Å². The van der Waals surface area contributed by atoms with E-state index in [1.807, 2.05) is 28.1 Å². The Bertz CT molecular complexity index is 164. The maximum Gasteiger partial charge on any atom is 0.246 e. The van der Waals surface area contributed by atoms with Crippen LogP contribution in [0.5, 0.6) is 0 Å². The predicted molar refractivity (Wildman–Crippen MR) is 51.0 cm³/mol. The predicted octanol–water partition coefficient (Wildman–Crippen LogP) is 0.583. The number of carbonyl (C=O) groups excluding carboxylic acids is 1. The van der Waals surface area contributed by atoms with Crippen molar-refractivity contribution in [2.45, 2.75) is 6.92 Å². The van der Waals surface area contributed by atoms with Crippen LogP contribution in [0.15, 0.2) is 12.2 Å². The van der Waals surface area contributed by atoms with Crippen LogP contribution in [0.1, 0.15) is 6.92 Å². The fraction of sp³-hybridized carbons (Fsp3) is 0.667. The fourth-order valence-corrected chi connectivity index (χ4v) is 0.730. The van der Waals surface area contributed by atoms with Gasteiger partial charge in [-0.25, -0.2) is 0 Å². The van der Waals surface area contributed by atoms with Gasteiger partial charge in [0.1, 0.15) is 0 Å². The van der Waals surface area contributed by atoms with E-state index in [-0.39, 0.29) is 5.91 Å². The van der Waals surface area contributed by atoms with Crippen molar-refractivity contribution in [1.82, 2.24) is 9.80 Å². The van der Waals surface area contributed by atoms with Gasteiger partial charge in [-0.15, -0.1) is 0 Å². The third kappa shape index (κ3) is 4.91. The SMILES string of the molecule is C/C=C/C(=O)N(C)CCN(C)C. The zero-order valence-corrected chi connectivity index (χ0v) is 8.37. The molecule has 0 saturated heterocycles. The first-order chi connectivity index (χ1) is 5.57. The smallest absolute Gasteiger partial charge is 0.246 e. The Morgan fingerprint density at radius 2 is 1.83 bits per heavy atom. The van der Waals surface area contributed by atoms with E-state index in [1.165, 1.54) is 0 Å². The Morgan fingerprint density at radius 1 is 1.25 bits per heavy atom. The third-order valence-electron chi connectivity index (χ3n) is 1.57. The van der Waals surface area contributed by atoms with Crippen LogP contribution in [0.4, 0.5) is 0 Å². The summed E-state index contributed by atoms with van der Waals surface area (Å²) < 4.78 is 0. The topological polar surface area (TPSA) is 23.6 Å². The van der Waals surface area contributed by atoms with E-state index in [0.29, 0.717) is 0 Å². The van der Waals surface area contributed by atoms with E-state index < -0.39 is 0 Å². The molecule has 3 heteroatoms. The van der Waals surface area contributed by atoms with Crippen molar-refractivity contribution in [2.75, 3.05) is 34.2 Å². The average molecular weight is 170 g/mol. The molecule has 0 unspecified atom stereocenters. The largest absolute Gasteiger partial charge is 0.341 e. The Kier molecular flexibility index (Phi) is 5.37. The molecule has 0 aromatic carbocycles. The molecule has 3 nitrogen and oxygen atoms in total. The van der Waals surface area contributed by atoms with E-state index in [4.69, 9.17) is 0 Å². The Morgan fingerprint density at radius 3 is 2.25 bits per heavy atom. The summed E-state index contributed by atoms with van der Waals surface area (Å²) in [5.41, 5.74) is 0. The highest BCUT2D eigenvalue weighted by Gasteiger charge is 2.03. The molecule has 0 bridgehead atoms. The Balaban J connectivity index is 3.71. The second-order valence-corrected chi connectivity index (χ2v) is 3.06. The first-order valence-corrected chi connectivity index (χ1v) is 4.10. The summed E-state index contributed by atoms with van der Waals surface area (Å²) in [5.74, 6) is 0.0688. The number of likely N-dealkylation sites (N-methyl/N-ethyl adjacent to an activating group) is 2. The molecule has 0 N–H and O–H groups in total. The molecule has 0 heterocycles. The molecule has 0 saturated carbocycles. The molecular formula is C9H18N2O. The maximum atomic E-state index is 11.2. The fourth-order valence-electron chi connectivity index (χ4n) is 0.730. The number of hydrogen-bond donors (Lipinski definition) is 0. The van der Waals surface area contributed by atoms with Crippen LogP contribution in [0, 0.1) is 0 Å². The molecule has 0 aliphatic rings. The van der Waals surface area contributed by atoms with Crippen molar-refractivity contribution in [3.63, 3.8) is 0 Å². The molecule has 0 radical (unpaired) electrons.